The molecule has 6 aromatic carbocycles. The third-order valence-corrected chi connectivity index (χ3v) is 12.2. The fourth-order valence-corrected chi connectivity index (χ4v) is 9.07. The molecule has 1 N–H and O–H groups in total. The van der Waals surface area contributed by atoms with Gasteiger partial charge in [-0.05, 0) is 114 Å². The molecule has 286 valence electrons. The van der Waals surface area contributed by atoms with Gasteiger partial charge in [-0.15, -0.1) is 0 Å². The molecule has 3 nitrogen and oxygen atoms in total. The summed E-state index contributed by atoms with van der Waals surface area (Å²) in [5.74, 6) is 0. The van der Waals surface area contributed by atoms with Gasteiger partial charge in [0, 0.05) is 27.6 Å². The third-order valence-electron chi connectivity index (χ3n) is 12.2. The number of fused-ring (bicyclic) bond motifs is 4. The summed E-state index contributed by atoms with van der Waals surface area (Å²) in [6.07, 6.45) is 23.7. The minimum atomic E-state index is -0.269. The van der Waals surface area contributed by atoms with Gasteiger partial charge >= 0.3 is 0 Å². The van der Waals surface area contributed by atoms with Crippen LogP contribution < -0.4 is 10.2 Å². The van der Waals surface area contributed by atoms with Crippen molar-refractivity contribution in [2.75, 3.05) is 10.2 Å². The van der Waals surface area contributed by atoms with E-state index in [4.69, 9.17) is 4.42 Å². The maximum absolute atomic E-state index is 6.41. The van der Waals surface area contributed by atoms with Gasteiger partial charge in [0.2, 0.25) is 0 Å². The summed E-state index contributed by atoms with van der Waals surface area (Å²) < 4.78 is 6.41. The van der Waals surface area contributed by atoms with E-state index >= 15 is 0 Å². The van der Waals surface area contributed by atoms with Crippen LogP contribution in [0.15, 0.2) is 211 Å². The quantitative estimate of drug-likeness (QED) is 0.149. The molecule has 1 aliphatic heterocycles. The molecule has 10 rings (SSSR count). The van der Waals surface area contributed by atoms with Crippen molar-refractivity contribution in [3.05, 3.63) is 224 Å². The van der Waals surface area contributed by atoms with Crippen molar-refractivity contribution in [1.82, 2.24) is 0 Å². The Morgan fingerprint density at radius 2 is 1.37 bits per heavy atom. The molecule has 0 fully saturated rings. The minimum Gasteiger partial charge on any atom is -0.456 e. The number of furan rings is 1. The van der Waals surface area contributed by atoms with Gasteiger partial charge in [-0.25, -0.2) is 0 Å². The summed E-state index contributed by atoms with van der Waals surface area (Å²) in [5.41, 5.74) is 15.7. The van der Waals surface area contributed by atoms with E-state index < -0.39 is 0 Å². The van der Waals surface area contributed by atoms with Gasteiger partial charge in [-0.2, -0.15) is 0 Å². The Labute approximate surface area is 347 Å². The summed E-state index contributed by atoms with van der Waals surface area (Å²) in [4.78, 5) is 2.50. The standard InChI is InChI=1S/C56H46N2O/c1-4-5-8-22-51-49-36-43(26-29-52(49)58(51)56(3)32-15-20-45(38-56)40-18-11-7-12-19-40)42-25-28-50(57-55(2)33-30-41(31-34-55)39-16-9-6-10-17-39)48(35-42)44-24-27-47-46-21-13-14-23-53(46)59-54(47)37-44/h4-33,35-37,57H,1,34,38H2,2-3H3/b8-5-,51-22-. The van der Waals surface area contributed by atoms with Crippen LogP contribution >= 0.6 is 0 Å². The van der Waals surface area contributed by atoms with Crippen LogP contribution in [-0.2, 0) is 0 Å². The molecule has 0 saturated carbocycles. The van der Waals surface area contributed by atoms with Crippen LogP contribution in [0.5, 0.6) is 0 Å². The van der Waals surface area contributed by atoms with Crippen molar-refractivity contribution in [3.8, 4) is 22.3 Å². The molecule has 2 atom stereocenters. The normalized spacial score (nSPS) is 20.4. The molecule has 0 bridgehead atoms. The van der Waals surface area contributed by atoms with Crippen molar-refractivity contribution in [3.63, 3.8) is 0 Å². The maximum atomic E-state index is 6.41. The summed E-state index contributed by atoms with van der Waals surface area (Å²) >= 11 is 0. The van der Waals surface area contributed by atoms with Crippen molar-refractivity contribution < 1.29 is 4.42 Å². The summed E-state index contributed by atoms with van der Waals surface area (Å²) in [7, 11) is 0. The first-order chi connectivity index (χ1) is 28.9. The number of nitrogens with one attached hydrogen (secondary N) is 1. The molecule has 59 heavy (non-hydrogen) atoms. The lowest BCUT2D eigenvalue weighted by atomic mass is 9.79. The van der Waals surface area contributed by atoms with E-state index in [0.717, 1.165) is 57.2 Å². The Bertz CT molecular complexity index is 2960. The highest BCUT2D eigenvalue weighted by Crippen LogP contribution is 2.52. The molecule has 2 aliphatic carbocycles. The molecule has 3 aliphatic rings. The largest absolute Gasteiger partial charge is 0.456 e. The van der Waals surface area contributed by atoms with E-state index in [1.54, 1.807) is 0 Å². The van der Waals surface area contributed by atoms with Gasteiger partial charge in [-0.3, -0.25) is 0 Å². The lowest BCUT2D eigenvalue weighted by Gasteiger charge is -2.51. The highest BCUT2D eigenvalue weighted by molar-refractivity contribution is 6.06. The number of allylic oxidation sites excluding steroid dienone is 8. The first-order valence-corrected chi connectivity index (χ1v) is 20.6. The first-order valence-electron chi connectivity index (χ1n) is 20.6. The van der Waals surface area contributed by atoms with E-state index in [0.29, 0.717) is 0 Å². The summed E-state index contributed by atoms with van der Waals surface area (Å²) in [5, 5.41) is 6.23. The van der Waals surface area contributed by atoms with Gasteiger partial charge in [0.1, 0.15) is 11.2 Å². The Morgan fingerprint density at radius 3 is 2.15 bits per heavy atom. The lowest BCUT2D eigenvalue weighted by Crippen LogP contribution is -2.49. The number of rotatable bonds is 9. The second-order valence-corrected chi connectivity index (χ2v) is 16.4. The van der Waals surface area contributed by atoms with Crippen molar-refractivity contribution in [1.29, 1.82) is 0 Å². The Morgan fingerprint density at radius 1 is 0.661 bits per heavy atom. The smallest absolute Gasteiger partial charge is 0.136 e. The fourth-order valence-electron chi connectivity index (χ4n) is 9.07. The van der Waals surface area contributed by atoms with Crippen LogP contribution in [0.25, 0.3) is 61.0 Å². The monoisotopic (exact) mass is 762 g/mol. The minimum absolute atomic E-state index is 0.223. The average Bonchev–Trinajstić information content (AvgIpc) is 3.64. The van der Waals surface area contributed by atoms with Gasteiger partial charge in [0.25, 0.3) is 0 Å². The molecule has 2 unspecified atom stereocenters. The summed E-state index contributed by atoms with van der Waals surface area (Å²) in [6.45, 7) is 8.55. The fraction of sp³-hybridized carbons (Fsp3) is 0.107. The molecule has 3 heteroatoms. The van der Waals surface area contributed by atoms with Gasteiger partial charge in [0.15, 0.2) is 0 Å². The average molecular weight is 763 g/mol. The van der Waals surface area contributed by atoms with Crippen LogP contribution in [0.3, 0.4) is 0 Å². The lowest BCUT2D eigenvalue weighted by molar-refractivity contribution is 0.569. The molecule has 0 radical (unpaired) electrons. The van der Waals surface area contributed by atoms with Gasteiger partial charge in [0.05, 0.1) is 22.5 Å². The van der Waals surface area contributed by atoms with Crippen LogP contribution in [0.4, 0.5) is 11.4 Å². The summed E-state index contributed by atoms with van der Waals surface area (Å²) in [6, 6.07) is 50.1. The Kier molecular flexibility index (Phi) is 9.02. The van der Waals surface area contributed by atoms with E-state index in [9.17, 15) is 0 Å². The SMILES string of the molecule is C=C/C=C\C=C1\c2cc(-c3ccc(NC4(C)C=CC(c5ccccc5)=CC4)c(-c4ccc5c(c4)oc4ccccc45)c3)ccc2N1C1(C)C=CC=C(c2ccccc2)C1. The molecule has 0 saturated heterocycles. The Hall–Kier alpha value is -7.10. The molecule has 1 aromatic heterocycles. The topological polar surface area (TPSA) is 28.4 Å². The molecule has 2 heterocycles. The number of benzene rings is 6. The van der Waals surface area contributed by atoms with Crippen LogP contribution in [0.2, 0.25) is 0 Å². The maximum Gasteiger partial charge on any atom is 0.136 e. The highest BCUT2D eigenvalue weighted by atomic mass is 16.3. The molecule has 0 amide bonds. The zero-order chi connectivity index (χ0) is 40.0. The first kappa shape index (κ1) is 36.3. The third kappa shape index (κ3) is 6.69. The second-order valence-electron chi connectivity index (χ2n) is 16.4. The predicted octanol–water partition coefficient (Wildman–Crippen LogP) is 14.8. The zero-order valence-corrected chi connectivity index (χ0v) is 33.5. The van der Waals surface area contributed by atoms with Crippen molar-refractivity contribution >= 4 is 50.2 Å². The number of nitrogens with zero attached hydrogens (tertiary/aromatic N) is 1. The van der Waals surface area contributed by atoms with Gasteiger partial charge in [-0.1, -0.05) is 158 Å². The van der Waals surface area contributed by atoms with Gasteiger partial charge < -0.3 is 14.6 Å². The second kappa shape index (κ2) is 14.7. The highest BCUT2D eigenvalue weighted by Gasteiger charge is 2.42. The van der Waals surface area contributed by atoms with Crippen molar-refractivity contribution in [2.45, 2.75) is 37.8 Å². The Balaban J connectivity index is 1.03. The number of anilines is 2. The number of hydrogen-bond acceptors (Lipinski definition) is 3. The molecule has 7 aromatic rings. The molecular formula is C56H46N2O. The van der Waals surface area contributed by atoms with E-state index in [2.05, 4.69) is 207 Å². The molecule has 0 spiro atoms. The van der Waals surface area contributed by atoms with Crippen LogP contribution in [0, 0.1) is 0 Å². The predicted molar refractivity (Wildman–Crippen MR) is 251 cm³/mol. The van der Waals surface area contributed by atoms with E-state index in [1.165, 1.54) is 44.8 Å². The molecular weight excluding hydrogens is 717 g/mol. The number of para-hydroxylation sites is 1. The van der Waals surface area contributed by atoms with E-state index in [1.807, 2.05) is 24.3 Å². The number of hydrogen-bond donors (Lipinski definition) is 1. The van der Waals surface area contributed by atoms with Crippen molar-refractivity contribution in [2.24, 2.45) is 0 Å². The van der Waals surface area contributed by atoms with Crippen LogP contribution in [0.1, 0.15) is 43.4 Å². The van der Waals surface area contributed by atoms with Crippen LogP contribution in [-0.4, -0.2) is 11.1 Å². The van der Waals surface area contributed by atoms with E-state index in [-0.39, 0.29) is 11.1 Å². The zero-order valence-electron chi connectivity index (χ0n) is 33.5.